The maximum absolute atomic E-state index is 12.5. The standard InChI is InChI=1S/C11H9F3N2O2/c1-5-9(16-10(15-5)11(12,13)14)6-2-3-7(17)8(18)4-6/h2-4,17-18H,1H3,(H,15,16). The molecule has 0 amide bonds. The number of alkyl halides is 3. The molecule has 0 bridgehead atoms. The Labute approximate surface area is 99.7 Å². The summed E-state index contributed by atoms with van der Waals surface area (Å²) in [5.74, 6) is -1.85. The van der Waals surface area contributed by atoms with Crippen molar-refractivity contribution in [1.29, 1.82) is 0 Å². The zero-order chi connectivity index (χ0) is 13.5. The summed E-state index contributed by atoms with van der Waals surface area (Å²) in [5.41, 5.74) is 0.597. The SMILES string of the molecule is Cc1[nH]c(C(F)(F)F)nc1-c1ccc(O)c(O)c1. The lowest BCUT2D eigenvalue weighted by Crippen LogP contribution is -2.07. The number of nitrogens with one attached hydrogen (secondary N) is 1. The van der Waals surface area contributed by atoms with Crippen molar-refractivity contribution in [2.24, 2.45) is 0 Å². The smallest absolute Gasteiger partial charge is 0.449 e. The van der Waals surface area contributed by atoms with Crippen LogP contribution in [0.15, 0.2) is 18.2 Å². The van der Waals surface area contributed by atoms with E-state index in [1.54, 1.807) is 0 Å². The van der Waals surface area contributed by atoms with Crippen molar-refractivity contribution in [1.82, 2.24) is 9.97 Å². The minimum atomic E-state index is -4.55. The Morgan fingerprint density at radius 2 is 1.83 bits per heavy atom. The second kappa shape index (κ2) is 3.94. The summed E-state index contributed by atoms with van der Waals surface area (Å²) in [6.07, 6.45) is -4.55. The van der Waals surface area contributed by atoms with Gasteiger partial charge in [-0.05, 0) is 25.1 Å². The molecule has 1 aromatic heterocycles. The molecule has 0 aliphatic rings. The lowest BCUT2D eigenvalue weighted by atomic mass is 10.1. The highest BCUT2D eigenvalue weighted by molar-refractivity contribution is 5.65. The van der Waals surface area contributed by atoms with Gasteiger partial charge in [-0.15, -0.1) is 0 Å². The van der Waals surface area contributed by atoms with E-state index in [4.69, 9.17) is 5.11 Å². The highest BCUT2D eigenvalue weighted by atomic mass is 19.4. The molecule has 1 aromatic carbocycles. The predicted molar refractivity (Wildman–Crippen MR) is 57.1 cm³/mol. The highest BCUT2D eigenvalue weighted by Crippen LogP contribution is 2.34. The molecule has 0 saturated heterocycles. The van der Waals surface area contributed by atoms with Gasteiger partial charge in [-0.25, -0.2) is 4.98 Å². The van der Waals surface area contributed by atoms with Crippen molar-refractivity contribution in [3.05, 3.63) is 29.7 Å². The highest BCUT2D eigenvalue weighted by Gasteiger charge is 2.35. The number of benzene rings is 1. The zero-order valence-corrected chi connectivity index (χ0v) is 9.21. The van der Waals surface area contributed by atoms with E-state index in [1.807, 2.05) is 0 Å². The van der Waals surface area contributed by atoms with E-state index in [0.717, 1.165) is 6.07 Å². The van der Waals surface area contributed by atoms with Gasteiger partial charge in [0, 0.05) is 11.3 Å². The molecule has 0 aliphatic carbocycles. The van der Waals surface area contributed by atoms with Crippen LogP contribution in [0.2, 0.25) is 0 Å². The maximum atomic E-state index is 12.5. The Hall–Kier alpha value is -2.18. The Balaban J connectivity index is 2.51. The molecule has 0 radical (unpaired) electrons. The first-order valence-electron chi connectivity index (χ1n) is 4.95. The van der Waals surface area contributed by atoms with Crippen molar-refractivity contribution in [2.45, 2.75) is 13.1 Å². The first-order chi connectivity index (χ1) is 8.29. The summed E-state index contributed by atoms with van der Waals surface area (Å²) >= 11 is 0. The molecule has 2 rings (SSSR count). The van der Waals surface area contributed by atoms with Gasteiger partial charge in [0.1, 0.15) is 0 Å². The van der Waals surface area contributed by atoms with E-state index < -0.39 is 17.8 Å². The molecule has 0 unspecified atom stereocenters. The third-order valence-corrected chi connectivity index (χ3v) is 2.40. The lowest BCUT2D eigenvalue weighted by molar-refractivity contribution is -0.144. The number of H-pyrrole nitrogens is 1. The molecule has 0 atom stereocenters. The van der Waals surface area contributed by atoms with Crippen molar-refractivity contribution < 1.29 is 23.4 Å². The van der Waals surface area contributed by atoms with Gasteiger partial charge in [0.05, 0.1) is 5.69 Å². The van der Waals surface area contributed by atoms with E-state index in [2.05, 4.69) is 9.97 Å². The van der Waals surface area contributed by atoms with Crippen molar-refractivity contribution in [3.63, 3.8) is 0 Å². The molecule has 1 heterocycles. The molecule has 0 saturated carbocycles. The number of aromatic amines is 1. The summed E-state index contributed by atoms with van der Waals surface area (Å²) in [7, 11) is 0. The number of phenols is 2. The fourth-order valence-electron chi connectivity index (χ4n) is 1.55. The molecule has 7 heteroatoms. The molecule has 0 spiro atoms. The summed E-state index contributed by atoms with van der Waals surface area (Å²) in [6, 6.07) is 3.71. The number of hydrogen-bond acceptors (Lipinski definition) is 3. The van der Waals surface area contributed by atoms with Gasteiger partial charge in [-0.3, -0.25) is 0 Å². The van der Waals surface area contributed by atoms with Gasteiger partial charge in [0.2, 0.25) is 5.82 Å². The Morgan fingerprint density at radius 1 is 1.17 bits per heavy atom. The van der Waals surface area contributed by atoms with Crippen LogP contribution in [-0.4, -0.2) is 20.2 Å². The Morgan fingerprint density at radius 3 is 2.33 bits per heavy atom. The Kier molecular flexibility index (Phi) is 2.68. The lowest BCUT2D eigenvalue weighted by Gasteiger charge is -2.02. The number of aryl methyl sites for hydroxylation is 1. The molecule has 18 heavy (non-hydrogen) atoms. The topological polar surface area (TPSA) is 69.1 Å². The third kappa shape index (κ3) is 2.11. The molecule has 2 aromatic rings. The van der Waals surface area contributed by atoms with E-state index >= 15 is 0 Å². The van der Waals surface area contributed by atoms with Gasteiger partial charge < -0.3 is 15.2 Å². The summed E-state index contributed by atoms with van der Waals surface area (Å²) < 4.78 is 37.4. The molecule has 0 fully saturated rings. The summed E-state index contributed by atoms with van der Waals surface area (Å²) in [6.45, 7) is 1.45. The van der Waals surface area contributed by atoms with Crippen molar-refractivity contribution in [3.8, 4) is 22.8 Å². The number of aromatic hydroxyl groups is 2. The van der Waals surface area contributed by atoms with Crippen molar-refractivity contribution >= 4 is 0 Å². The monoisotopic (exact) mass is 258 g/mol. The van der Waals surface area contributed by atoms with Crippen LogP contribution in [0.25, 0.3) is 11.3 Å². The number of nitrogens with zero attached hydrogens (tertiary/aromatic N) is 1. The van der Waals surface area contributed by atoms with Gasteiger partial charge in [0.15, 0.2) is 11.5 Å². The largest absolute Gasteiger partial charge is 0.504 e. The van der Waals surface area contributed by atoms with E-state index in [-0.39, 0.29) is 22.7 Å². The molecule has 0 aliphatic heterocycles. The van der Waals surface area contributed by atoms with Gasteiger partial charge >= 0.3 is 6.18 Å². The third-order valence-electron chi connectivity index (χ3n) is 2.40. The van der Waals surface area contributed by atoms with Gasteiger partial charge in [-0.2, -0.15) is 13.2 Å². The molecule has 4 nitrogen and oxygen atoms in total. The predicted octanol–water partition coefficient (Wildman–Crippen LogP) is 2.82. The number of rotatable bonds is 1. The second-order valence-electron chi connectivity index (χ2n) is 3.76. The molecular weight excluding hydrogens is 249 g/mol. The fraction of sp³-hybridized carbons (Fsp3) is 0.182. The van der Waals surface area contributed by atoms with Gasteiger partial charge in [0.25, 0.3) is 0 Å². The Bertz CT molecular complexity index is 590. The molecule has 96 valence electrons. The van der Waals surface area contributed by atoms with E-state index in [1.165, 1.54) is 19.1 Å². The first-order valence-corrected chi connectivity index (χ1v) is 4.95. The average Bonchev–Trinajstić information content (AvgIpc) is 2.64. The van der Waals surface area contributed by atoms with Crippen LogP contribution in [-0.2, 0) is 6.18 Å². The minimum Gasteiger partial charge on any atom is -0.504 e. The molecular formula is C11H9F3N2O2. The van der Waals surface area contributed by atoms with Crippen LogP contribution in [0.3, 0.4) is 0 Å². The van der Waals surface area contributed by atoms with Crippen LogP contribution < -0.4 is 0 Å². The number of hydrogen-bond donors (Lipinski definition) is 3. The van der Waals surface area contributed by atoms with Crippen LogP contribution in [0.4, 0.5) is 13.2 Å². The van der Waals surface area contributed by atoms with Crippen LogP contribution in [0, 0.1) is 6.92 Å². The van der Waals surface area contributed by atoms with E-state index in [0.29, 0.717) is 0 Å². The quantitative estimate of drug-likeness (QED) is 0.689. The number of phenolic OH excluding ortho intramolecular Hbond substituents is 2. The fourth-order valence-corrected chi connectivity index (χ4v) is 1.55. The minimum absolute atomic E-state index is 0.0811. The number of halogens is 3. The zero-order valence-electron chi connectivity index (χ0n) is 9.21. The van der Waals surface area contributed by atoms with Crippen LogP contribution in [0.1, 0.15) is 11.5 Å². The molecule has 3 N–H and O–H groups in total. The second-order valence-corrected chi connectivity index (χ2v) is 3.76. The number of aromatic nitrogens is 2. The normalized spacial score (nSPS) is 11.8. The first kappa shape index (κ1) is 12.3. The van der Waals surface area contributed by atoms with Crippen LogP contribution in [0.5, 0.6) is 11.5 Å². The summed E-state index contributed by atoms with van der Waals surface area (Å²) in [4.78, 5) is 5.59. The number of imidazole rings is 1. The van der Waals surface area contributed by atoms with Crippen LogP contribution >= 0.6 is 0 Å². The van der Waals surface area contributed by atoms with Gasteiger partial charge in [-0.1, -0.05) is 0 Å². The maximum Gasteiger partial charge on any atom is 0.449 e. The van der Waals surface area contributed by atoms with E-state index in [9.17, 15) is 18.3 Å². The van der Waals surface area contributed by atoms with Crippen molar-refractivity contribution in [2.75, 3.05) is 0 Å². The average molecular weight is 258 g/mol. The summed E-state index contributed by atoms with van der Waals surface area (Å²) in [5, 5.41) is 18.4.